The molecule has 1 unspecified atom stereocenters. The molecular formula is C12H15BClSi. The van der Waals surface area contributed by atoms with E-state index >= 15 is 0 Å². The van der Waals surface area contributed by atoms with Crippen molar-refractivity contribution in [3.63, 3.8) is 0 Å². The van der Waals surface area contributed by atoms with Crippen molar-refractivity contribution in [1.29, 1.82) is 0 Å². The van der Waals surface area contributed by atoms with Crippen LogP contribution in [0.3, 0.4) is 0 Å². The van der Waals surface area contributed by atoms with Gasteiger partial charge in [-0.25, -0.2) is 11.5 Å². The Morgan fingerprint density at radius 3 is 2.47 bits per heavy atom. The van der Waals surface area contributed by atoms with E-state index in [1.54, 1.807) is 5.20 Å². The molecule has 0 nitrogen and oxygen atoms in total. The van der Waals surface area contributed by atoms with E-state index in [-0.39, 0.29) is 0 Å². The molecule has 2 rings (SSSR count). The van der Waals surface area contributed by atoms with E-state index < -0.39 is 8.07 Å². The van der Waals surface area contributed by atoms with Gasteiger partial charge < -0.3 is 0 Å². The summed E-state index contributed by atoms with van der Waals surface area (Å²) in [5, 5.41) is 1.54. The molecule has 0 bridgehead atoms. The van der Waals surface area contributed by atoms with Gasteiger partial charge in [-0.2, -0.15) is 0 Å². The van der Waals surface area contributed by atoms with Crippen LogP contribution in [-0.2, 0) is 0 Å². The van der Waals surface area contributed by atoms with Crippen molar-refractivity contribution in [3.8, 4) is 0 Å². The zero-order valence-electron chi connectivity index (χ0n) is 9.42. The minimum Gasteiger partial charge on any atom is -0.203 e. The quantitative estimate of drug-likeness (QED) is 0.681. The van der Waals surface area contributed by atoms with Crippen LogP contribution in [0.4, 0.5) is 0 Å². The van der Waals surface area contributed by atoms with Crippen LogP contribution in [0.25, 0.3) is 6.08 Å². The molecule has 0 saturated carbocycles. The Bertz CT molecular complexity index is 406. The molecule has 1 radical (unpaired) electrons. The van der Waals surface area contributed by atoms with Crippen LogP contribution in [0, 0.1) is 0 Å². The number of fused-ring (bicyclic) bond motifs is 1. The molecule has 0 fully saturated rings. The second-order valence-corrected chi connectivity index (χ2v) is 10.4. The van der Waals surface area contributed by atoms with Gasteiger partial charge in [-0.3, -0.25) is 0 Å². The predicted molar refractivity (Wildman–Crippen MR) is 72.1 cm³/mol. The molecule has 77 valence electrons. The molecule has 1 aliphatic rings. The third kappa shape index (κ3) is 1.93. The highest BCUT2D eigenvalue weighted by atomic mass is 35.5. The van der Waals surface area contributed by atoms with Crippen molar-refractivity contribution in [3.05, 3.63) is 40.6 Å². The Morgan fingerprint density at radius 1 is 1.20 bits per heavy atom. The van der Waals surface area contributed by atoms with Gasteiger partial charge in [0.2, 0.25) is 0 Å². The van der Waals surface area contributed by atoms with Gasteiger partial charge in [0.05, 0.1) is 8.07 Å². The standard InChI is InChI=1S/C12H15BClSi/c1-15(2,3)11-8-9-6-4-5-7-10(9)12(11)13-14/h4-8,12H,1-3H3. The lowest BCUT2D eigenvalue weighted by Gasteiger charge is -2.24. The number of allylic oxidation sites excluding steroid dienone is 1. The van der Waals surface area contributed by atoms with Crippen LogP contribution in [0.5, 0.6) is 0 Å². The molecule has 0 spiro atoms. The van der Waals surface area contributed by atoms with E-state index in [9.17, 15) is 0 Å². The predicted octanol–water partition coefficient (Wildman–Crippen LogP) is 3.86. The van der Waals surface area contributed by atoms with Crippen molar-refractivity contribution in [2.24, 2.45) is 0 Å². The summed E-state index contributed by atoms with van der Waals surface area (Å²) in [6.07, 6.45) is 2.34. The van der Waals surface area contributed by atoms with Crippen molar-refractivity contribution in [1.82, 2.24) is 0 Å². The zero-order chi connectivity index (χ0) is 11.1. The van der Waals surface area contributed by atoms with Gasteiger partial charge in [0.15, 0.2) is 0 Å². The van der Waals surface area contributed by atoms with Crippen LogP contribution >= 0.6 is 11.5 Å². The number of hydrogen-bond donors (Lipinski definition) is 0. The van der Waals surface area contributed by atoms with E-state index in [0.717, 1.165) is 0 Å². The summed E-state index contributed by atoms with van der Waals surface area (Å²) in [6, 6.07) is 8.54. The number of benzene rings is 1. The monoisotopic (exact) mass is 233 g/mol. The molecule has 1 aromatic carbocycles. The lowest BCUT2D eigenvalue weighted by Crippen LogP contribution is -2.27. The maximum absolute atomic E-state index is 5.99. The van der Waals surface area contributed by atoms with Crippen LogP contribution in [0.2, 0.25) is 19.6 Å². The molecule has 0 saturated heterocycles. The van der Waals surface area contributed by atoms with Gasteiger partial charge in [-0.15, -0.1) is 0 Å². The maximum Gasteiger partial charge on any atom is 0.250 e. The molecule has 0 aliphatic heterocycles. The maximum atomic E-state index is 5.99. The van der Waals surface area contributed by atoms with Crippen LogP contribution in [0.1, 0.15) is 16.9 Å². The Morgan fingerprint density at radius 2 is 1.87 bits per heavy atom. The number of rotatable bonds is 2. The summed E-state index contributed by atoms with van der Waals surface area (Å²) in [5.41, 5.74) is 2.71. The first-order valence-electron chi connectivity index (χ1n) is 5.28. The van der Waals surface area contributed by atoms with Gasteiger partial charge in [0.1, 0.15) is 0 Å². The Balaban J connectivity index is 2.48. The largest absolute Gasteiger partial charge is 0.250 e. The average Bonchev–Trinajstić information content (AvgIpc) is 2.55. The minimum atomic E-state index is -1.26. The lowest BCUT2D eigenvalue weighted by atomic mass is 9.81. The summed E-state index contributed by atoms with van der Waals surface area (Å²) in [4.78, 5) is 0. The molecule has 3 heteroatoms. The van der Waals surface area contributed by atoms with Crippen molar-refractivity contribution in [2.75, 3.05) is 0 Å². The zero-order valence-corrected chi connectivity index (χ0v) is 11.2. The van der Waals surface area contributed by atoms with E-state index in [4.69, 9.17) is 11.5 Å². The van der Waals surface area contributed by atoms with Crippen molar-refractivity contribution < 1.29 is 0 Å². The van der Waals surface area contributed by atoms with Crippen LogP contribution in [0.15, 0.2) is 29.5 Å². The molecule has 0 heterocycles. The Hall–Kier alpha value is -0.468. The number of halogens is 1. The summed E-state index contributed by atoms with van der Waals surface area (Å²) >= 11 is 5.99. The van der Waals surface area contributed by atoms with E-state index in [0.29, 0.717) is 5.82 Å². The topological polar surface area (TPSA) is 0 Å². The fourth-order valence-corrected chi connectivity index (χ4v) is 4.31. The molecule has 0 N–H and O–H groups in total. The fraction of sp³-hybridized carbons (Fsp3) is 0.333. The summed E-state index contributed by atoms with van der Waals surface area (Å²) in [7, 11) is -1.26. The van der Waals surface area contributed by atoms with Gasteiger partial charge in [-0.05, 0) is 16.9 Å². The van der Waals surface area contributed by atoms with Gasteiger partial charge in [-0.1, -0.05) is 55.2 Å². The van der Waals surface area contributed by atoms with Gasteiger partial charge in [0, 0.05) is 0 Å². The molecule has 1 aromatic rings. The lowest BCUT2D eigenvalue weighted by molar-refractivity contribution is 1.20. The average molecular weight is 234 g/mol. The fourth-order valence-electron chi connectivity index (χ4n) is 2.17. The first-order valence-corrected chi connectivity index (χ1v) is 9.22. The summed E-state index contributed by atoms with van der Waals surface area (Å²) in [6.45, 7) is 8.93. The van der Waals surface area contributed by atoms with E-state index in [1.807, 2.05) is 6.69 Å². The normalized spacial score (nSPS) is 19.7. The Kier molecular flexibility index (Phi) is 2.82. The molecule has 0 aromatic heterocycles. The molecular weight excluding hydrogens is 218 g/mol. The second-order valence-electron chi connectivity index (χ2n) is 5.08. The molecule has 0 amide bonds. The van der Waals surface area contributed by atoms with Crippen LogP contribution in [-0.4, -0.2) is 14.8 Å². The molecule has 15 heavy (non-hydrogen) atoms. The highest BCUT2D eigenvalue weighted by Crippen LogP contribution is 2.40. The van der Waals surface area contributed by atoms with Gasteiger partial charge >= 0.3 is 0 Å². The number of hydrogen-bond acceptors (Lipinski definition) is 0. The van der Waals surface area contributed by atoms with Crippen molar-refractivity contribution in [2.45, 2.75) is 25.5 Å². The second kappa shape index (κ2) is 3.84. The van der Waals surface area contributed by atoms with Crippen LogP contribution < -0.4 is 0 Å². The first-order chi connectivity index (χ1) is 7.04. The first kappa shape index (κ1) is 11.0. The smallest absolute Gasteiger partial charge is 0.203 e. The molecule has 1 atom stereocenters. The van der Waals surface area contributed by atoms with Gasteiger partial charge in [0.25, 0.3) is 6.69 Å². The third-order valence-electron chi connectivity index (χ3n) is 2.97. The minimum absolute atomic E-state index is 0.342. The van der Waals surface area contributed by atoms with Crippen molar-refractivity contribution >= 4 is 32.3 Å². The SMILES string of the molecule is C[Si](C)(C)C1=Cc2ccccc2C1[B]Cl. The summed E-state index contributed by atoms with van der Waals surface area (Å²) in [5.74, 6) is 0.342. The van der Waals surface area contributed by atoms with E-state index in [1.165, 1.54) is 11.1 Å². The third-order valence-corrected chi connectivity index (χ3v) is 5.41. The summed E-state index contributed by atoms with van der Waals surface area (Å²) < 4.78 is 0. The Labute approximate surface area is 98.5 Å². The highest BCUT2D eigenvalue weighted by Gasteiger charge is 2.32. The van der Waals surface area contributed by atoms with E-state index in [2.05, 4.69) is 50.0 Å². The highest BCUT2D eigenvalue weighted by molar-refractivity contribution is 6.97. The molecule has 1 aliphatic carbocycles.